The van der Waals surface area contributed by atoms with Crippen molar-refractivity contribution < 1.29 is 0 Å². The van der Waals surface area contributed by atoms with Crippen molar-refractivity contribution in [3.8, 4) is 0 Å². The highest BCUT2D eigenvalue weighted by Crippen LogP contribution is 2.15. The smallest absolute Gasteiger partial charge is 0.126 e. The van der Waals surface area contributed by atoms with Gasteiger partial charge in [-0.3, -0.25) is 11.3 Å². The third-order valence-electron chi connectivity index (χ3n) is 2.66. The van der Waals surface area contributed by atoms with Crippen molar-refractivity contribution in [3.05, 3.63) is 46.3 Å². The molecule has 0 amide bonds. The summed E-state index contributed by atoms with van der Waals surface area (Å²) in [6, 6.07) is 8.22. The second kappa shape index (κ2) is 5.77. The Morgan fingerprint density at radius 3 is 2.82 bits per heavy atom. The molecule has 17 heavy (non-hydrogen) atoms. The summed E-state index contributed by atoms with van der Waals surface area (Å²) in [5, 5.41) is 2.07. The Morgan fingerprint density at radius 1 is 1.29 bits per heavy atom. The highest BCUT2D eigenvalue weighted by atomic mass is 32.1. The summed E-state index contributed by atoms with van der Waals surface area (Å²) in [6.45, 7) is 0. The van der Waals surface area contributed by atoms with Gasteiger partial charge in [-0.1, -0.05) is 12.1 Å². The molecule has 4 nitrogen and oxygen atoms in total. The van der Waals surface area contributed by atoms with Crippen LogP contribution in [0.4, 0.5) is 5.82 Å². The van der Waals surface area contributed by atoms with E-state index in [9.17, 15) is 0 Å². The maximum absolute atomic E-state index is 5.82. The summed E-state index contributed by atoms with van der Waals surface area (Å²) in [5.74, 6) is 6.16. The molecule has 2 rings (SSSR count). The minimum atomic E-state index is 0.181. The molecule has 0 saturated heterocycles. The Hall–Kier alpha value is -1.43. The molecule has 0 aliphatic carbocycles. The topological polar surface area (TPSA) is 77.0 Å². The number of hydrogen-bond donors (Lipinski definition) is 3. The minimum absolute atomic E-state index is 0.181. The normalized spacial score (nSPS) is 12.5. The lowest BCUT2D eigenvalue weighted by Gasteiger charge is -2.15. The third kappa shape index (κ3) is 3.26. The Labute approximate surface area is 105 Å². The van der Waals surface area contributed by atoms with E-state index in [2.05, 4.69) is 21.9 Å². The summed E-state index contributed by atoms with van der Waals surface area (Å²) in [4.78, 5) is 5.39. The van der Waals surface area contributed by atoms with Crippen LogP contribution in [0.15, 0.2) is 35.8 Å². The lowest BCUT2D eigenvalue weighted by molar-refractivity contribution is 0.526. The summed E-state index contributed by atoms with van der Waals surface area (Å²) in [5.41, 5.74) is 9.69. The SMILES string of the molecule is NNC(Cc1cccs1)Cc1cccnc1N. The number of nitrogens with zero attached hydrogens (tertiary/aromatic N) is 1. The van der Waals surface area contributed by atoms with Gasteiger partial charge in [0.1, 0.15) is 5.82 Å². The summed E-state index contributed by atoms with van der Waals surface area (Å²) in [7, 11) is 0. The van der Waals surface area contributed by atoms with E-state index in [0.717, 1.165) is 18.4 Å². The standard InChI is InChI=1S/C12H16N4S/c13-12-9(3-1-5-15-12)7-10(16-14)8-11-4-2-6-17-11/h1-6,10,16H,7-8,14H2,(H2,13,15). The summed E-state index contributed by atoms with van der Waals surface area (Å²) >= 11 is 1.74. The predicted octanol–water partition coefficient (Wildman–Crippen LogP) is 1.34. The van der Waals surface area contributed by atoms with Crippen LogP contribution in [0, 0.1) is 0 Å². The van der Waals surface area contributed by atoms with E-state index in [4.69, 9.17) is 11.6 Å². The first kappa shape index (κ1) is 12.0. The molecular weight excluding hydrogens is 232 g/mol. The van der Waals surface area contributed by atoms with Crippen molar-refractivity contribution in [2.75, 3.05) is 5.73 Å². The van der Waals surface area contributed by atoms with Crippen molar-refractivity contribution in [1.29, 1.82) is 0 Å². The number of rotatable bonds is 5. The largest absolute Gasteiger partial charge is 0.383 e. The molecule has 0 saturated carbocycles. The van der Waals surface area contributed by atoms with Gasteiger partial charge >= 0.3 is 0 Å². The molecule has 5 heteroatoms. The molecule has 0 aliphatic heterocycles. The number of aromatic nitrogens is 1. The molecule has 2 heterocycles. The molecule has 0 bridgehead atoms. The van der Waals surface area contributed by atoms with Crippen LogP contribution in [0.5, 0.6) is 0 Å². The molecule has 90 valence electrons. The van der Waals surface area contributed by atoms with Gasteiger partial charge < -0.3 is 5.73 Å². The number of nitrogens with two attached hydrogens (primary N) is 2. The first-order valence-corrected chi connectivity index (χ1v) is 6.35. The van der Waals surface area contributed by atoms with Gasteiger partial charge in [0.05, 0.1) is 0 Å². The average molecular weight is 248 g/mol. The van der Waals surface area contributed by atoms with E-state index in [1.165, 1.54) is 4.88 Å². The van der Waals surface area contributed by atoms with E-state index in [0.29, 0.717) is 5.82 Å². The predicted molar refractivity (Wildman–Crippen MR) is 71.5 cm³/mol. The summed E-state index contributed by atoms with van der Waals surface area (Å²) in [6.07, 6.45) is 3.39. The van der Waals surface area contributed by atoms with Gasteiger partial charge in [0.2, 0.25) is 0 Å². The number of pyridine rings is 1. The van der Waals surface area contributed by atoms with Crippen molar-refractivity contribution in [2.24, 2.45) is 5.84 Å². The molecule has 0 fully saturated rings. The van der Waals surface area contributed by atoms with E-state index < -0.39 is 0 Å². The second-order valence-electron chi connectivity index (χ2n) is 3.90. The highest BCUT2D eigenvalue weighted by molar-refractivity contribution is 7.09. The van der Waals surface area contributed by atoms with Gasteiger partial charge in [-0.05, 0) is 35.9 Å². The monoisotopic (exact) mass is 248 g/mol. The molecule has 1 unspecified atom stereocenters. The van der Waals surface area contributed by atoms with Crippen LogP contribution in [-0.2, 0) is 12.8 Å². The first-order chi connectivity index (χ1) is 8.29. The fraction of sp³-hybridized carbons (Fsp3) is 0.250. The van der Waals surface area contributed by atoms with Crippen LogP contribution < -0.4 is 17.0 Å². The molecule has 2 aromatic heterocycles. The fourth-order valence-corrected chi connectivity index (χ4v) is 2.54. The van der Waals surface area contributed by atoms with Crippen molar-refractivity contribution >= 4 is 17.2 Å². The summed E-state index contributed by atoms with van der Waals surface area (Å²) < 4.78 is 0. The van der Waals surface area contributed by atoms with Gasteiger partial charge in [0.15, 0.2) is 0 Å². The molecule has 0 aliphatic rings. The quantitative estimate of drug-likeness (QED) is 0.551. The Bertz CT molecular complexity index is 455. The Kier molecular flexibility index (Phi) is 4.08. The van der Waals surface area contributed by atoms with Crippen molar-refractivity contribution in [1.82, 2.24) is 10.4 Å². The molecule has 0 radical (unpaired) electrons. The van der Waals surface area contributed by atoms with Gasteiger partial charge in [0, 0.05) is 17.1 Å². The minimum Gasteiger partial charge on any atom is -0.383 e. The molecule has 0 aromatic carbocycles. The van der Waals surface area contributed by atoms with Crippen LogP contribution in [0.25, 0.3) is 0 Å². The number of nitrogens with one attached hydrogen (secondary N) is 1. The zero-order chi connectivity index (χ0) is 12.1. The molecule has 5 N–H and O–H groups in total. The number of nitrogen functional groups attached to an aromatic ring is 1. The van der Waals surface area contributed by atoms with Gasteiger partial charge in [-0.25, -0.2) is 4.98 Å². The van der Waals surface area contributed by atoms with Crippen LogP contribution in [0.3, 0.4) is 0 Å². The Balaban J connectivity index is 2.03. The molecule has 2 aromatic rings. The number of hydrogen-bond acceptors (Lipinski definition) is 5. The lowest BCUT2D eigenvalue weighted by Crippen LogP contribution is -2.38. The lowest BCUT2D eigenvalue weighted by atomic mass is 10.0. The number of thiophene rings is 1. The van der Waals surface area contributed by atoms with E-state index in [1.54, 1.807) is 17.5 Å². The van der Waals surface area contributed by atoms with Crippen LogP contribution in [0.1, 0.15) is 10.4 Å². The third-order valence-corrected chi connectivity index (χ3v) is 3.55. The molecule has 1 atom stereocenters. The van der Waals surface area contributed by atoms with Crippen LogP contribution >= 0.6 is 11.3 Å². The van der Waals surface area contributed by atoms with Crippen LogP contribution in [-0.4, -0.2) is 11.0 Å². The number of hydrazine groups is 1. The second-order valence-corrected chi connectivity index (χ2v) is 4.93. The highest BCUT2D eigenvalue weighted by Gasteiger charge is 2.11. The van der Waals surface area contributed by atoms with Crippen molar-refractivity contribution in [3.63, 3.8) is 0 Å². The number of anilines is 1. The Morgan fingerprint density at radius 2 is 2.18 bits per heavy atom. The van der Waals surface area contributed by atoms with E-state index in [-0.39, 0.29) is 6.04 Å². The van der Waals surface area contributed by atoms with E-state index >= 15 is 0 Å². The maximum atomic E-state index is 5.82. The van der Waals surface area contributed by atoms with Gasteiger partial charge in [0.25, 0.3) is 0 Å². The van der Waals surface area contributed by atoms with E-state index in [1.807, 2.05) is 18.2 Å². The molecule has 0 spiro atoms. The van der Waals surface area contributed by atoms with Gasteiger partial charge in [-0.15, -0.1) is 11.3 Å². The van der Waals surface area contributed by atoms with Crippen LogP contribution in [0.2, 0.25) is 0 Å². The van der Waals surface area contributed by atoms with Gasteiger partial charge in [-0.2, -0.15) is 0 Å². The first-order valence-electron chi connectivity index (χ1n) is 5.47. The fourth-order valence-electron chi connectivity index (χ4n) is 1.75. The molecular formula is C12H16N4S. The maximum Gasteiger partial charge on any atom is 0.126 e. The zero-order valence-electron chi connectivity index (χ0n) is 9.47. The zero-order valence-corrected chi connectivity index (χ0v) is 10.3. The van der Waals surface area contributed by atoms with Crippen molar-refractivity contribution in [2.45, 2.75) is 18.9 Å². The average Bonchev–Trinajstić information content (AvgIpc) is 2.84.